The zero-order valence-corrected chi connectivity index (χ0v) is 19.6. The van der Waals surface area contributed by atoms with Crippen LogP contribution in [0.1, 0.15) is 49.8 Å². The first-order valence-electron chi connectivity index (χ1n) is 10.9. The summed E-state index contributed by atoms with van der Waals surface area (Å²) in [5, 5.41) is 3.32. The van der Waals surface area contributed by atoms with Crippen LogP contribution in [-0.2, 0) is 24.2 Å². The van der Waals surface area contributed by atoms with E-state index in [-0.39, 0.29) is 18.1 Å². The van der Waals surface area contributed by atoms with Crippen molar-refractivity contribution in [1.29, 1.82) is 0 Å². The number of hydrogen-bond donors (Lipinski definition) is 1. The zero-order chi connectivity index (χ0) is 23.7. The fourth-order valence-corrected chi connectivity index (χ4v) is 5.29. The summed E-state index contributed by atoms with van der Waals surface area (Å²) >= 11 is 7.38. The number of anilines is 1. The SMILES string of the molecule is O=C(Nc1ccc(C(=O)OCc2cc(=O)n3c4c(sc3n2)CCCC4)cc1)c1ccc(Cl)cc1. The average molecular weight is 494 g/mol. The Morgan fingerprint density at radius 1 is 1.03 bits per heavy atom. The number of halogens is 1. The van der Waals surface area contributed by atoms with Gasteiger partial charge in [-0.1, -0.05) is 11.6 Å². The molecule has 0 unspecified atom stereocenters. The van der Waals surface area contributed by atoms with Gasteiger partial charge in [-0.25, -0.2) is 9.78 Å². The van der Waals surface area contributed by atoms with Crippen LogP contribution in [0.4, 0.5) is 5.69 Å². The predicted molar refractivity (Wildman–Crippen MR) is 131 cm³/mol. The Morgan fingerprint density at radius 2 is 1.74 bits per heavy atom. The Balaban J connectivity index is 1.23. The number of carbonyl (C=O) groups is 2. The molecule has 1 aliphatic carbocycles. The van der Waals surface area contributed by atoms with E-state index in [2.05, 4.69) is 10.3 Å². The summed E-state index contributed by atoms with van der Waals surface area (Å²) in [5.41, 5.74) is 2.68. The largest absolute Gasteiger partial charge is 0.456 e. The maximum Gasteiger partial charge on any atom is 0.338 e. The van der Waals surface area contributed by atoms with Gasteiger partial charge in [-0.2, -0.15) is 0 Å². The number of aromatic nitrogens is 2. The maximum absolute atomic E-state index is 12.6. The van der Waals surface area contributed by atoms with E-state index >= 15 is 0 Å². The van der Waals surface area contributed by atoms with Crippen molar-refractivity contribution in [1.82, 2.24) is 9.38 Å². The summed E-state index contributed by atoms with van der Waals surface area (Å²) in [4.78, 5) is 43.8. The smallest absolute Gasteiger partial charge is 0.338 e. The lowest BCUT2D eigenvalue weighted by molar-refractivity contribution is 0.0467. The second-order valence-electron chi connectivity index (χ2n) is 8.00. The third-order valence-corrected chi connectivity index (χ3v) is 7.05. The minimum Gasteiger partial charge on any atom is -0.456 e. The number of nitrogens with zero attached hydrogens (tertiary/aromatic N) is 2. The molecule has 1 aliphatic rings. The average Bonchev–Trinajstić information content (AvgIpc) is 3.22. The number of fused-ring (bicyclic) bond motifs is 3. The second kappa shape index (κ2) is 9.40. The van der Waals surface area contributed by atoms with Gasteiger partial charge in [-0.05, 0) is 74.2 Å². The predicted octanol–water partition coefficient (Wildman–Crippen LogP) is 4.90. The van der Waals surface area contributed by atoms with E-state index in [0.717, 1.165) is 31.4 Å². The standard InChI is InChI=1S/C25H20ClN3O4S/c26-17-9-5-15(6-10-17)23(31)27-18-11-7-16(8-12-18)24(32)33-14-19-13-22(30)29-20-3-1-2-4-21(20)34-25(29)28-19/h5-13H,1-4,14H2,(H,27,31). The molecule has 0 aliphatic heterocycles. The van der Waals surface area contributed by atoms with E-state index < -0.39 is 5.97 Å². The Morgan fingerprint density at radius 3 is 2.50 bits per heavy atom. The van der Waals surface area contributed by atoms with Crippen LogP contribution in [-0.4, -0.2) is 21.3 Å². The molecule has 0 spiro atoms. The Hall–Kier alpha value is -3.49. The van der Waals surface area contributed by atoms with Crippen molar-refractivity contribution < 1.29 is 14.3 Å². The molecule has 2 aromatic heterocycles. The molecule has 9 heteroatoms. The van der Waals surface area contributed by atoms with Crippen LogP contribution in [0.25, 0.3) is 4.96 Å². The van der Waals surface area contributed by atoms with Crippen LogP contribution in [0.15, 0.2) is 59.4 Å². The quantitative estimate of drug-likeness (QED) is 0.399. The normalized spacial score (nSPS) is 12.9. The Labute approximate surface area is 204 Å². The summed E-state index contributed by atoms with van der Waals surface area (Å²) in [7, 11) is 0. The number of rotatable bonds is 5. The lowest BCUT2D eigenvalue weighted by Crippen LogP contribution is -2.18. The van der Waals surface area contributed by atoms with Crippen molar-refractivity contribution >= 4 is 45.5 Å². The molecule has 1 amide bonds. The van der Waals surface area contributed by atoms with E-state index in [1.807, 2.05) is 0 Å². The second-order valence-corrected chi connectivity index (χ2v) is 9.50. The fourth-order valence-electron chi connectivity index (χ4n) is 3.93. The zero-order valence-electron chi connectivity index (χ0n) is 18.0. The van der Waals surface area contributed by atoms with Crippen molar-refractivity contribution in [2.45, 2.75) is 32.3 Å². The van der Waals surface area contributed by atoms with E-state index in [4.69, 9.17) is 16.3 Å². The molecule has 7 nitrogen and oxygen atoms in total. The highest BCUT2D eigenvalue weighted by molar-refractivity contribution is 7.17. The molecule has 4 aromatic rings. The van der Waals surface area contributed by atoms with Crippen LogP contribution in [0, 0.1) is 0 Å². The molecule has 0 saturated carbocycles. The molecule has 0 fully saturated rings. The Kier molecular flexibility index (Phi) is 6.17. The highest BCUT2D eigenvalue weighted by Crippen LogP contribution is 2.28. The van der Waals surface area contributed by atoms with Crippen molar-refractivity contribution in [3.8, 4) is 0 Å². The summed E-state index contributed by atoms with van der Waals surface area (Å²) < 4.78 is 7.06. The molecule has 1 N–H and O–H groups in total. The number of amides is 1. The third-order valence-electron chi connectivity index (χ3n) is 5.65. The number of esters is 1. The lowest BCUT2D eigenvalue weighted by Gasteiger charge is -2.10. The van der Waals surface area contributed by atoms with Crippen LogP contribution in [0.5, 0.6) is 0 Å². The van der Waals surface area contributed by atoms with Crippen molar-refractivity contribution in [3.05, 3.63) is 97.4 Å². The first-order valence-corrected chi connectivity index (χ1v) is 12.0. The van der Waals surface area contributed by atoms with Gasteiger partial charge >= 0.3 is 5.97 Å². The molecule has 34 heavy (non-hydrogen) atoms. The summed E-state index contributed by atoms with van der Waals surface area (Å²) in [6.45, 7) is -0.0950. The van der Waals surface area contributed by atoms with Gasteiger partial charge in [-0.3, -0.25) is 14.0 Å². The van der Waals surface area contributed by atoms with Crippen molar-refractivity contribution in [2.75, 3.05) is 5.32 Å². The van der Waals surface area contributed by atoms with Crippen molar-refractivity contribution in [3.63, 3.8) is 0 Å². The highest BCUT2D eigenvalue weighted by atomic mass is 35.5. The molecule has 0 bridgehead atoms. The van der Waals surface area contributed by atoms with Crippen LogP contribution in [0.3, 0.4) is 0 Å². The monoisotopic (exact) mass is 493 g/mol. The summed E-state index contributed by atoms with van der Waals surface area (Å²) in [6.07, 6.45) is 4.07. The fraction of sp³-hybridized carbons (Fsp3) is 0.200. The first kappa shape index (κ1) is 22.3. The van der Waals surface area contributed by atoms with E-state index in [1.165, 1.54) is 22.3 Å². The minimum absolute atomic E-state index is 0.0950. The number of thiazole rings is 1. The van der Waals surface area contributed by atoms with E-state index in [1.54, 1.807) is 52.9 Å². The minimum atomic E-state index is -0.539. The molecule has 5 rings (SSSR count). The molecular formula is C25H20ClN3O4S. The van der Waals surface area contributed by atoms with Gasteiger partial charge in [0.25, 0.3) is 11.5 Å². The van der Waals surface area contributed by atoms with Gasteiger partial charge in [0.15, 0.2) is 4.96 Å². The molecule has 2 aromatic carbocycles. The summed E-state index contributed by atoms with van der Waals surface area (Å²) in [5.74, 6) is -0.821. The van der Waals surface area contributed by atoms with Crippen molar-refractivity contribution in [2.24, 2.45) is 0 Å². The van der Waals surface area contributed by atoms with Gasteiger partial charge in [0.2, 0.25) is 0 Å². The lowest BCUT2D eigenvalue weighted by atomic mass is 10.0. The molecular weight excluding hydrogens is 474 g/mol. The van der Waals surface area contributed by atoms with Gasteiger partial charge in [-0.15, -0.1) is 11.3 Å². The number of carbonyl (C=O) groups excluding carboxylic acids is 2. The molecule has 0 atom stereocenters. The Bertz CT molecular complexity index is 1440. The van der Waals surface area contributed by atoms with Crippen LogP contribution in [0.2, 0.25) is 5.02 Å². The molecule has 0 radical (unpaired) electrons. The van der Waals surface area contributed by atoms with Crippen LogP contribution >= 0.6 is 22.9 Å². The third kappa shape index (κ3) is 4.60. The van der Waals surface area contributed by atoms with Crippen LogP contribution < -0.4 is 10.9 Å². The molecule has 2 heterocycles. The van der Waals surface area contributed by atoms with E-state index in [9.17, 15) is 14.4 Å². The number of hydrogen-bond acceptors (Lipinski definition) is 6. The summed E-state index contributed by atoms with van der Waals surface area (Å²) in [6, 6.07) is 14.4. The van der Waals surface area contributed by atoms with Gasteiger partial charge in [0.1, 0.15) is 6.61 Å². The first-order chi connectivity index (χ1) is 16.5. The molecule has 0 saturated heterocycles. The topological polar surface area (TPSA) is 89.8 Å². The van der Waals surface area contributed by atoms with E-state index in [0.29, 0.717) is 32.5 Å². The van der Waals surface area contributed by atoms with Gasteiger partial charge < -0.3 is 10.1 Å². The van der Waals surface area contributed by atoms with Gasteiger partial charge in [0.05, 0.1) is 11.3 Å². The highest BCUT2D eigenvalue weighted by Gasteiger charge is 2.19. The number of aryl methyl sites for hydroxylation is 2. The molecule has 172 valence electrons. The number of nitrogens with one attached hydrogen (secondary N) is 1. The van der Waals surface area contributed by atoms with Gasteiger partial charge in [0, 0.05) is 32.9 Å². The maximum atomic E-state index is 12.6. The number of benzene rings is 2. The number of ether oxygens (including phenoxy) is 1.